The normalized spacial score (nSPS) is 13.6. The summed E-state index contributed by atoms with van der Waals surface area (Å²) in [6, 6.07) is 14.5. The number of fused-ring (bicyclic) bond motifs is 1. The molecule has 0 aliphatic carbocycles. The number of benzene rings is 2. The summed E-state index contributed by atoms with van der Waals surface area (Å²) in [6.07, 6.45) is 1.83. The Morgan fingerprint density at radius 2 is 1.90 bits per heavy atom. The van der Waals surface area contributed by atoms with E-state index in [-0.39, 0.29) is 12.5 Å². The number of hydrogen-bond donors (Lipinski definition) is 4. The fourth-order valence-electron chi connectivity index (χ4n) is 3.03. The standard InChI is InChI=1S/C22H17N3O4S/c26-12-13-3-5-14(6-4-13)20(27)25-22(29)23-15-7-8-17-18(11-16-2-1-9-30-16)21(28)24-19(17)10-15/h1-11,26H,12H2,(H,24,28)(H2,23,25,27,29). The van der Waals surface area contributed by atoms with Crippen LogP contribution in [0.25, 0.3) is 11.6 Å². The van der Waals surface area contributed by atoms with E-state index in [9.17, 15) is 14.4 Å². The molecule has 2 aromatic carbocycles. The Bertz CT molecular complexity index is 1150. The molecule has 8 heteroatoms. The number of carbonyl (C=O) groups excluding carboxylic acids is 3. The number of hydrogen-bond acceptors (Lipinski definition) is 5. The van der Waals surface area contributed by atoms with E-state index in [4.69, 9.17) is 5.11 Å². The second kappa shape index (κ2) is 8.32. The highest BCUT2D eigenvalue weighted by Crippen LogP contribution is 2.35. The Morgan fingerprint density at radius 3 is 2.60 bits per heavy atom. The Hall–Kier alpha value is -3.75. The minimum Gasteiger partial charge on any atom is -0.392 e. The number of carbonyl (C=O) groups is 3. The Labute approximate surface area is 176 Å². The number of urea groups is 1. The van der Waals surface area contributed by atoms with Crippen LogP contribution in [0, 0.1) is 0 Å². The highest BCUT2D eigenvalue weighted by atomic mass is 32.1. The molecule has 0 unspecified atom stereocenters. The molecular weight excluding hydrogens is 402 g/mol. The quantitative estimate of drug-likeness (QED) is 0.484. The molecule has 1 aromatic heterocycles. The second-order valence-corrected chi connectivity index (χ2v) is 7.53. The second-order valence-electron chi connectivity index (χ2n) is 6.55. The topological polar surface area (TPSA) is 108 Å². The smallest absolute Gasteiger partial charge is 0.326 e. The van der Waals surface area contributed by atoms with Gasteiger partial charge in [-0.05, 0) is 47.4 Å². The van der Waals surface area contributed by atoms with Crippen LogP contribution in [0.3, 0.4) is 0 Å². The summed E-state index contributed by atoms with van der Waals surface area (Å²) in [5, 5.41) is 18.6. The number of nitrogens with one attached hydrogen (secondary N) is 3. The third-order valence-electron chi connectivity index (χ3n) is 4.52. The van der Waals surface area contributed by atoms with Crippen molar-refractivity contribution in [2.24, 2.45) is 0 Å². The summed E-state index contributed by atoms with van der Waals surface area (Å²) >= 11 is 1.54. The van der Waals surface area contributed by atoms with Gasteiger partial charge in [-0.25, -0.2) is 4.79 Å². The Balaban J connectivity index is 1.44. The molecule has 0 bridgehead atoms. The monoisotopic (exact) mass is 419 g/mol. The van der Waals surface area contributed by atoms with Crippen LogP contribution in [0.15, 0.2) is 60.0 Å². The SMILES string of the molecule is O=C(NC(=O)c1ccc(CO)cc1)Nc1ccc2c(c1)NC(=O)C2=Cc1cccs1. The summed E-state index contributed by atoms with van der Waals surface area (Å²) in [4.78, 5) is 37.6. The third kappa shape index (κ3) is 4.14. The van der Waals surface area contributed by atoms with Crippen molar-refractivity contribution >= 4 is 52.2 Å². The minimum absolute atomic E-state index is 0.124. The molecule has 150 valence electrons. The van der Waals surface area contributed by atoms with Crippen LogP contribution < -0.4 is 16.0 Å². The third-order valence-corrected chi connectivity index (χ3v) is 5.34. The van der Waals surface area contributed by atoms with Crippen molar-refractivity contribution in [1.82, 2.24) is 5.32 Å². The molecular formula is C22H17N3O4S. The molecule has 3 aromatic rings. The zero-order valence-electron chi connectivity index (χ0n) is 15.6. The molecule has 0 saturated carbocycles. The molecule has 0 atom stereocenters. The first-order valence-electron chi connectivity index (χ1n) is 9.06. The first-order valence-corrected chi connectivity index (χ1v) is 9.94. The van der Waals surface area contributed by atoms with Crippen LogP contribution in [0.1, 0.15) is 26.4 Å². The summed E-state index contributed by atoms with van der Waals surface area (Å²) in [5.41, 5.74) is 3.30. The summed E-state index contributed by atoms with van der Waals surface area (Å²) in [5.74, 6) is -0.769. The van der Waals surface area contributed by atoms with Gasteiger partial charge in [-0.3, -0.25) is 14.9 Å². The average Bonchev–Trinajstić information content (AvgIpc) is 3.36. The maximum Gasteiger partial charge on any atom is 0.326 e. The van der Waals surface area contributed by atoms with Gasteiger partial charge in [0.2, 0.25) is 0 Å². The summed E-state index contributed by atoms with van der Waals surface area (Å²) < 4.78 is 0. The number of imide groups is 1. The van der Waals surface area contributed by atoms with Crippen molar-refractivity contribution in [1.29, 1.82) is 0 Å². The van der Waals surface area contributed by atoms with Gasteiger partial charge in [0.15, 0.2) is 0 Å². The van der Waals surface area contributed by atoms with Gasteiger partial charge in [-0.2, -0.15) is 0 Å². The van der Waals surface area contributed by atoms with E-state index < -0.39 is 11.9 Å². The van der Waals surface area contributed by atoms with Gasteiger partial charge < -0.3 is 15.7 Å². The summed E-state index contributed by atoms with van der Waals surface area (Å²) in [6.45, 7) is -0.124. The number of thiophene rings is 1. The van der Waals surface area contributed by atoms with Gasteiger partial charge in [-0.1, -0.05) is 24.3 Å². The van der Waals surface area contributed by atoms with E-state index >= 15 is 0 Å². The fraction of sp³-hybridized carbons (Fsp3) is 0.0455. The molecule has 4 amide bonds. The van der Waals surface area contributed by atoms with Crippen LogP contribution in [-0.2, 0) is 11.4 Å². The number of anilines is 2. The van der Waals surface area contributed by atoms with E-state index in [1.807, 2.05) is 23.6 Å². The average molecular weight is 419 g/mol. The van der Waals surface area contributed by atoms with Gasteiger partial charge >= 0.3 is 6.03 Å². The zero-order chi connectivity index (χ0) is 21.1. The van der Waals surface area contributed by atoms with Gasteiger partial charge in [0, 0.05) is 21.7 Å². The maximum absolute atomic E-state index is 12.3. The number of aliphatic hydroxyl groups excluding tert-OH is 1. The summed E-state index contributed by atoms with van der Waals surface area (Å²) in [7, 11) is 0. The first-order chi connectivity index (χ1) is 14.5. The van der Waals surface area contributed by atoms with Crippen LogP contribution in [0.2, 0.25) is 0 Å². The van der Waals surface area contributed by atoms with Crippen LogP contribution >= 0.6 is 11.3 Å². The van der Waals surface area contributed by atoms with Crippen molar-refractivity contribution in [3.05, 3.63) is 81.5 Å². The number of amides is 4. The predicted octanol–water partition coefficient (Wildman–Crippen LogP) is 3.70. The molecule has 7 nitrogen and oxygen atoms in total. The van der Waals surface area contributed by atoms with Gasteiger partial charge in [0.1, 0.15) is 0 Å². The van der Waals surface area contributed by atoms with E-state index in [2.05, 4.69) is 16.0 Å². The zero-order valence-corrected chi connectivity index (χ0v) is 16.5. The lowest BCUT2D eigenvalue weighted by atomic mass is 10.1. The lowest BCUT2D eigenvalue weighted by Crippen LogP contribution is -2.34. The molecule has 0 fully saturated rings. The van der Waals surface area contributed by atoms with Crippen molar-refractivity contribution in [2.75, 3.05) is 10.6 Å². The van der Waals surface area contributed by atoms with Crippen LogP contribution in [-0.4, -0.2) is 23.0 Å². The highest BCUT2D eigenvalue weighted by Gasteiger charge is 2.24. The molecule has 0 saturated heterocycles. The largest absolute Gasteiger partial charge is 0.392 e. The van der Waals surface area contributed by atoms with Gasteiger partial charge in [0.05, 0.1) is 17.9 Å². The minimum atomic E-state index is -0.690. The number of rotatable bonds is 4. The van der Waals surface area contributed by atoms with Gasteiger partial charge in [0.25, 0.3) is 11.8 Å². The molecule has 4 rings (SSSR count). The van der Waals surface area contributed by atoms with Crippen molar-refractivity contribution < 1.29 is 19.5 Å². The van der Waals surface area contributed by atoms with Crippen molar-refractivity contribution in [3.63, 3.8) is 0 Å². The van der Waals surface area contributed by atoms with E-state index in [1.54, 1.807) is 30.3 Å². The Morgan fingerprint density at radius 1 is 1.10 bits per heavy atom. The number of aliphatic hydroxyl groups is 1. The Kier molecular flexibility index (Phi) is 5.42. The van der Waals surface area contributed by atoms with Crippen LogP contribution in [0.5, 0.6) is 0 Å². The van der Waals surface area contributed by atoms with Crippen LogP contribution in [0.4, 0.5) is 16.2 Å². The van der Waals surface area contributed by atoms with E-state index in [1.165, 1.54) is 23.5 Å². The lowest BCUT2D eigenvalue weighted by Gasteiger charge is -2.08. The first kappa shape index (κ1) is 19.6. The molecule has 1 aliphatic rings. The molecule has 2 heterocycles. The van der Waals surface area contributed by atoms with E-state index in [0.717, 1.165) is 10.4 Å². The predicted molar refractivity (Wildman–Crippen MR) is 116 cm³/mol. The van der Waals surface area contributed by atoms with Gasteiger partial charge in [-0.15, -0.1) is 11.3 Å². The highest BCUT2D eigenvalue weighted by molar-refractivity contribution is 7.11. The molecule has 30 heavy (non-hydrogen) atoms. The van der Waals surface area contributed by atoms with Crippen molar-refractivity contribution in [3.8, 4) is 0 Å². The maximum atomic E-state index is 12.3. The van der Waals surface area contributed by atoms with E-state index in [0.29, 0.717) is 28.1 Å². The lowest BCUT2D eigenvalue weighted by molar-refractivity contribution is -0.110. The fourth-order valence-corrected chi connectivity index (χ4v) is 3.69. The molecule has 0 spiro atoms. The molecule has 0 radical (unpaired) electrons. The molecule has 1 aliphatic heterocycles. The molecule has 4 N–H and O–H groups in total. The van der Waals surface area contributed by atoms with Crippen molar-refractivity contribution in [2.45, 2.75) is 6.61 Å².